The Balaban J connectivity index is 1.09. The molecule has 12 nitrogen and oxygen atoms in total. The van der Waals surface area contributed by atoms with E-state index in [1.54, 1.807) is 27.2 Å². The second kappa shape index (κ2) is 20.6. The smallest absolute Gasteiger partial charge is 0.422 e. The van der Waals surface area contributed by atoms with Crippen LogP contribution in [0.2, 0.25) is 0 Å². The predicted octanol–water partition coefficient (Wildman–Crippen LogP) is 7.38. The maximum absolute atomic E-state index is 14.6. The molecule has 1 aliphatic heterocycles. The monoisotopic (exact) mass is 819 g/mol. The number of rotatable bonds is 18. The van der Waals surface area contributed by atoms with Crippen molar-refractivity contribution in [1.29, 1.82) is 0 Å². The van der Waals surface area contributed by atoms with E-state index in [4.69, 9.17) is 4.74 Å². The third kappa shape index (κ3) is 11.2. The lowest BCUT2D eigenvalue weighted by Crippen LogP contribution is -2.58. The third-order valence-electron chi connectivity index (χ3n) is 11.3. The number of hydrazine groups is 1. The number of aliphatic hydroxyl groups is 1. The molecule has 4 amide bonds. The van der Waals surface area contributed by atoms with E-state index in [1.165, 1.54) is 0 Å². The van der Waals surface area contributed by atoms with Gasteiger partial charge in [0.1, 0.15) is 12.6 Å². The summed E-state index contributed by atoms with van der Waals surface area (Å²) in [6, 6.07) is 40.6. The fourth-order valence-corrected chi connectivity index (χ4v) is 7.78. The molecular weight excluding hydrogens is 767 g/mol. The molecular formula is C49H53N7O5. The molecule has 2 aromatic heterocycles. The van der Waals surface area contributed by atoms with Gasteiger partial charge in [-0.05, 0) is 58.9 Å². The molecule has 4 aromatic carbocycles. The van der Waals surface area contributed by atoms with Gasteiger partial charge in [0.15, 0.2) is 0 Å². The molecule has 6 aromatic rings. The van der Waals surface area contributed by atoms with Crippen molar-refractivity contribution in [2.75, 3.05) is 19.6 Å². The van der Waals surface area contributed by atoms with Crippen molar-refractivity contribution >= 4 is 28.9 Å². The van der Waals surface area contributed by atoms with Crippen LogP contribution in [0.5, 0.6) is 0 Å². The molecule has 12 heteroatoms. The molecule has 314 valence electrons. The summed E-state index contributed by atoms with van der Waals surface area (Å²) >= 11 is 0. The Morgan fingerprint density at radius 3 is 2.23 bits per heavy atom. The largest absolute Gasteiger partial charge is 0.444 e. The molecule has 0 spiro atoms. The van der Waals surface area contributed by atoms with Crippen molar-refractivity contribution in [2.45, 2.75) is 64.6 Å². The Bertz CT molecular complexity index is 2350. The van der Waals surface area contributed by atoms with Gasteiger partial charge in [-0.1, -0.05) is 129 Å². The molecule has 3 heterocycles. The minimum Gasteiger partial charge on any atom is -0.444 e. The zero-order valence-corrected chi connectivity index (χ0v) is 34.6. The fourth-order valence-electron chi connectivity index (χ4n) is 7.78. The number of aliphatic hydroxyl groups excluding tert-OH is 1. The number of urea groups is 1. The maximum atomic E-state index is 14.6. The molecule has 3 N–H and O–H groups in total. The van der Waals surface area contributed by atoms with E-state index in [0.717, 1.165) is 44.4 Å². The molecule has 1 aliphatic rings. The number of para-hydroxylation sites is 1. The normalized spacial score (nSPS) is 14.7. The third-order valence-corrected chi connectivity index (χ3v) is 11.3. The summed E-state index contributed by atoms with van der Waals surface area (Å²) in [7, 11) is 0. The minimum absolute atomic E-state index is 0.0511. The first-order valence-electron chi connectivity index (χ1n) is 20.9. The van der Waals surface area contributed by atoms with E-state index < -0.39 is 24.3 Å². The van der Waals surface area contributed by atoms with Crippen LogP contribution in [-0.2, 0) is 35.6 Å². The number of aromatic nitrogens is 2. The molecule has 1 saturated heterocycles. The van der Waals surface area contributed by atoms with E-state index >= 15 is 0 Å². The van der Waals surface area contributed by atoms with Crippen molar-refractivity contribution in [3.63, 3.8) is 0 Å². The summed E-state index contributed by atoms with van der Waals surface area (Å²) in [5.74, 6) is -0.516. The first-order valence-corrected chi connectivity index (χ1v) is 20.9. The standard InChI is InChI=1S/C49H53N7O5/c1-3-35(2)46(56-29-28-54(49(56)60)32-40-25-27-51-43-20-11-10-18-41(40)43)47(58)52-44(30-36-14-6-4-7-15-36)45(57)33-55(53-48(59)61-34-38-16-8-5-9-17-38)31-37-21-23-39(24-22-37)42-19-12-13-26-50-42/h4-27,35,44-46,57H,3,28-34H2,1-2H3,(H,52,58)(H,53,59)/t35-,44-,45-,46-/m0/s1. The van der Waals surface area contributed by atoms with Crippen molar-refractivity contribution in [1.82, 2.24) is 35.5 Å². The highest BCUT2D eigenvalue weighted by Crippen LogP contribution is 2.25. The number of pyridine rings is 2. The van der Waals surface area contributed by atoms with E-state index in [9.17, 15) is 19.5 Å². The van der Waals surface area contributed by atoms with Gasteiger partial charge in [-0.25, -0.2) is 14.6 Å². The van der Waals surface area contributed by atoms with Crippen molar-refractivity contribution in [2.24, 2.45) is 5.92 Å². The number of fused-ring (bicyclic) bond motifs is 1. The van der Waals surface area contributed by atoms with Crippen LogP contribution in [0.3, 0.4) is 0 Å². The number of nitrogens with zero attached hydrogens (tertiary/aromatic N) is 5. The lowest BCUT2D eigenvalue weighted by Gasteiger charge is -2.35. The van der Waals surface area contributed by atoms with Crippen LogP contribution in [-0.4, -0.2) is 85.7 Å². The van der Waals surface area contributed by atoms with E-state index in [1.807, 2.05) is 147 Å². The van der Waals surface area contributed by atoms with Gasteiger partial charge < -0.3 is 25.0 Å². The summed E-state index contributed by atoms with van der Waals surface area (Å²) in [4.78, 5) is 54.4. The SMILES string of the molecule is CC[C@H](C)[C@@H](C(=O)N[C@@H](Cc1ccccc1)[C@@H](O)CN(Cc1ccc(-c2ccccn2)cc1)NC(=O)OCc1ccccc1)N1CCN(Cc2ccnc3ccccc23)C1=O. The molecule has 0 unspecified atom stereocenters. The molecule has 1 fully saturated rings. The Morgan fingerprint density at radius 1 is 0.803 bits per heavy atom. The second-order valence-corrected chi connectivity index (χ2v) is 15.6. The summed E-state index contributed by atoms with van der Waals surface area (Å²) in [6.07, 6.45) is 2.63. The number of hydrogen-bond donors (Lipinski definition) is 3. The average Bonchev–Trinajstić information content (AvgIpc) is 3.64. The van der Waals surface area contributed by atoms with Crippen LogP contribution in [0, 0.1) is 5.92 Å². The van der Waals surface area contributed by atoms with Crippen LogP contribution in [0.1, 0.15) is 42.5 Å². The zero-order valence-electron chi connectivity index (χ0n) is 34.6. The summed E-state index contributed by atoms with van der Waals surface area (Å²) < 4.78 is 5.58. The van der Waals surface area contributed by atoms with Crippen LogP contribution in [0.4, 0.5) is 9.59 Å². The van der Waals surface area contributed by atoms with Gasteiger partial charge in [0, 0.05) is 56.1 Å². The first kappa shape index (κ1) is 42.5. The number of amides is 4. The van der Waals surface area contributed by atoms with Gasteiger partial charge in [-0.3, -0.25) is 20.2 Å². The average molecular weight is 820 g/mol. The van der Waals surface area contributed by atoms with Gasteiger partial charge in [-0.15, -0.1) is 0 Å². The molecule has 7 rings (SSSR count). The summed E-state index contributed by atoms with van der Waals surface area (Å²) in [6.45, 7) is 5.48. The number of ether oxygens (including phenoxy) is 1. The van der Waals surface area contributed by atoms with E-state index in [2.05, 4.69) is 20.7 Å². The molecule has 0 radical (unpaired) electrons. The van der Waals surface area contributed by atoms with Gasteiger partial charge in [0.2, 0.25) is 5.91 Å². The highest BCUT2D eigenvalue weighted by Gasteiger charge is 2.41. The molecule has 0 aliphatic carbocycles. The molecule has 4 atom stereocenters. The Morgan fingerprint density at radius 2 is 1.51 bits per heavy atom. The summed E-state index contributed by atoms with van der Waals surface area (Å²) in [5.41, 5.74) is 9.09. The number of carbonyl (C=O) groups excluding carboxylic acids is 3. The lowest BCUT2D eigenvalue weighted by molar-refractivity contribution is -0.128. The Kier molecular flexibility index (Phi) is 14.3. The fraction of sp³-hybridized carbons (Fsp3) is 0.286. The van der Waals surface area contributed by atoms with Crippen LogP contribution >= 0.6 is 0 Å². The van der Waals surface area contributed by atoms with Crippen molar-refractivity contribution in [3.8, 4) is 11.3 Å². The highest BCUT2D eigenvalue weighted by molar-refractivity contribution is 5.89. The van der Waals surface area contributed by atoms with Gasteiger partial charge >= 0.3 is 12.1 Å². The maximum Gasteiger partial charge on any atom is 0.422 e. The quantitative estimate of drug-likeness (QED) is 0.0764. The molecule has 0 saturated carbocycles. The van der Waals surface area contributed by atoms with E-state index in [0.29, 0.717) is 32.5 Å². The Labute approximate surface area is 357 Å². The van der Waals surface area contributed by atoms with Gasteiger partial charge in [-0.2, -0.15) is 0 Å². The molecule has 0 bridgehead atoms. The summed E-state index contributed by atoms with van der Waals surface area (Å²) in [5, 5.41) is 17.9. The number of benzene rings is 4. The van der Waals surface area contributed by atoms with Crippen LogP contribution in [0.25, 0.3) is 22.2 Å². The van der Waals surface area contributed by atoms with Gasteiger partial charge in [0.05, 0.1) is 23.4 Å². The molecule has 61 heavy (non-hydrogen) atoms. The van der Waals surface area contributed by atoms with Crippen molar-refractivity contribution in [3.05, 3.63) is 168 Å². The topological polar surface area (TPSA) is 140 Å². The van der Waals surface area contributed by atoms with Crippen LogP contribution < -0.4 is 10.7 Å². The highest BCUT2D eigenvalue weighted by atomic mass is 16.6. The van der Waals surface area contributed by atoms with Gasteiger partial charge in [0.25, 0.3) is 0 Å². The Hall–Kier alpha value is -6.63. The zero-order chi connectivity index (χ0) is 42.6. The lowest BCUT2D eigenvalue weighted by atomic mass is 9.95. The predicted molar refractivity (Wildman–Crippen MR) is 235 cm³/mol. The second-order valence-electron chi connectivity index (χ2n) is 15.6. The first-order chi connectivity index (χ1) is 29.7. The minimum atomic E-state index is -1.16. The van der Waals surface area contributed by atoms with Crippen LogP contribution in [0.15, 0.2) is 146 Å². The number of nitrogens with one attached hydrogen (secondary N) is 2. The van der Waals surface area contributed by atoms with Crippen molar-refractivity contribution < 1.29 is 24.2 Å². The number of carbonyl (C=O) groups is 3. The number of hydrogen-bond acceptors (Lipinski definition) is 8. The van der Waals surface area contributed by atoms with E-state index in [-0.39, 0.29) is 37.6 Å².